The molecular weight excluding hydrogens is 643 g/mol. The molecule has 6 aromatic rings. The summed E-state index contributed by atoms with van der Waals surface area (Å²) < 4.78 is 5.72. The molecule has 248 valence electrons. The highest BCUT2D eigenvalue weighted by Gasteiger charge is 2.23. The second kappa shape index (κ2) is 16.3. The van der Waals surface area contributed by atoms with E-state index in [0.717, 1.165) is 26.8 Å². The number of hydrogen-bond donors (Lipinski definition) is 3. The fraction of sp³-hybridized carbons (Fsp3) is 0.0714. The van der Waals surface area contributed by atoms with Gasteiger partial charge in [0.25, 0.3) is 11.8 Å². The molecule has 7 nitrogen and oxygen atoms in total. The molecule has 0 aliphatic carbocycles. The zero-order chi connectivity index (χ0) is 34.7. The van der Waals surface area contributed by atoms with Crippen LogP contribution in [0.4, 0.5) is 11.4 Å². The highest BCUT2D eigenvalue weighted by molar-refractivity contribution is 8.00. The zero-order valence-corrected chi connectivity index (χ0v) is 28.2. The number of hydrogen-bond acceptors (Lipinski definition) is 5. The standard InChI is InChI=1S/C42H35N3O4S/c1-2-49-38-23-12-11-22-36(38)44-42(48)39(30-15-5-3-6-16-30)50-34-26-24-33(25-27-34)43-41(47)37(45-40(46)31-17-7-4-8-18-31)28-32-20-13-19-29-14-9-10-21-35(29)32/h3-28,39H,2H2,1H3,(H,43,47)(H,44,48)(H,45,46)/b37-28-. The van der Waals surface area contributed by atoms with Gasteiger partial charge in [0.1, 0.15) is 16.7 Å². The second-order valence-corrected chi connectivity index (χ2v) is 12.4. The number of nitrogens with one attached hydrogen (secondary N) is 3. The van der Waals surface area contributed by atoms with Gasteiger partial charge in [-0.15, -0.1) is 11.8 Å². The zero-order valence-electron chi connectivity index (χ0n) is 27.3. The van der Waals surface area contributed by atoms with E-state index in [9.17, 15) is 14.4 Å². The molecule has 3 N–H and O–H groups in total. The van der Waals surface area contributed by atoms with Crippen molar-refractivity contribution in [2.45, 2.75) is 17.1 Å². The molecule has 1 atom stereocenters. The van der Waals surface area contributed by atoms with Gasteiger partial charge in [0, 0.05) is 16.1 Å². The molecule has 8 heteroatoms. The van der Waals surface area contributed by atoms with Crippen LogP contribution in [0.1, 0.15) is 33.7 Å². The van der Waals surface area contributed by atoms with Crippen LogP contribution in [-0.2, 0) is 9.59 Å². The molecule has 0 saturated carbocycles. The van der Waals surface area contributed by atoms with Crippen LogP contribution < -0.4 is 20.7 Å². The lowest BCUT2D eigenvalue weighted by Gasteiger charge is -2.19. The number of thioether (sulfide) groups is 1. The maximum absolute atomic E-state index is 13.7. The van der Waals surface area contributed by atoms with Gasteiger partial charge >= 0.3 is 0 Å². The van der Waals surface area contributed by atoms with E-state index in [0.29, 0.717) is 29.3 Å². The minimum absolute atomic E-state index is 0.0989. The summed E-state index contributed by atoms with van der Waals surface area (Å²) in [6, 6.07) is 46.7. The van der Waals surface area contributed by atoms with Gasteiger partial charge in [-0.05, 0) is 83.4 Å². The van der Waals surface area contributed by atoms with E-state index >= 15 is 0 Å². The van der Waals surface area contributed by atoms with E-state index in [1.807, 2.05) is 122 Å². The van der Waals surface area contributed by atoms with Crippen molar-refractivity contribution in [2.24, 2.45) is 0 Å². The topological polar surface area (TPSA) is 96.5 Å². The van der Waals surface area contributed by atoms with E-state index in [2.05, 4.69) is 16.0 Å². The minimum atomic E-state index is -0.560. The Kier molecular flexibility index (Phi) is 11.0. The molecule has 0 aliphatic heterocycles. The molecule has 6 aromatic carbocycles. The van der Waals surface area contributed by atoms with Gasteiger partial charge in [0.05, 0.1) is 12.3 Å². The fourth-order valence-corrected chi connectivity index (χ4v) is 6.40. The minimum Gasteiger partial charge on any atom is -0.492 e. The molecule has 0 aliphatic rings. The van der Waals surface area contributed by atoms with Crippen molar-refractivity contribution in [2.75, 3.05) is 17.2 Å². The molecule has 50 heavy (non-hydrogen) atoms. The van der Waals surface area contributed by atoms with Crippen LogP contribution in [0.2, 0.25) is 0 Å². The summed E-state index contributed by atoms with van der Waals surface area (Å²) in [5.74, 6) is -0.456. The molecule has 0 bridgehead atoms. The third-order valence-corrected chi connectivity index (χ3v) is 9.07. The van der Waals surface area contributed by atoms with Crippen molar-refractivity contribution in [1.82, 2.24) is 5.32 Å². The molecule has 0 heterocycles. The van der Waals surface area contributed by atoms with Crippen LogP contribution in [0.25, 0.3) is 16.8 Å². The summed E-state index contributed by atoms with van der Waals surface area (Å²) in [5, 5.41) is 10.2. The first-order chi connectivity index (χ1) is 24.5. The lowest BCUT2D eigenvalue weighted by atomic mass is 10.0. The van der Waals surface area contributed by atoms with Gasteiger partial charge in [-0.3, -0.25) is 14.4 Å². The number of anilines is 2. The van der Waals surface area contributed by atoms with Crippen molar-refractivity contribution < 1.29 is 19.1 Å². The monoisotopic (exact) mass is 677 g/mol. The summed E-state index contributed by atoms with van der Waals surface area (Å²) >= 11 is 1.40. The number of benzene rings is 6. The summed E-state index contributed by atoms with van der Waals surface area (Å²) in [6.45, 7) is 2.38. The Morgan fingerprint density at radius 1 is 0.700 bits per heavy atom. The Bertz CT molecular complexity index is 2130. The van der Waals surface area contributed by atoms with Gasteiger partial charge in [-0.25, -0.2) is 0 Å². The van der Waals surface area contributed by atoms with Gasteiger partial charge in [0.15, 0.2) is 0 Å². The highest BCUT2D eigenvalue weighted by Crippen LogP contribution is 2.37. The predicted molar refractivity (Wildman–Crippen MR) is 202 cm³/mol. The molecule has 0 radical (unpaired) electrons. The summed E-state index contributed by atoms with van der Waals surface area (Å²) in [4.78, 5) is 41.4. The van der Waals surface area contributed by atoms with E-state index in [4.69, 9.17) is 4.74 Å². The maximum Gasteiger partial charge on any atom is 0.272 e. The number of para-hydroxylation sites is 2. The average molecular weight is 678 g/mol. The summed E-state index contributed by atoms with van der Waals surface area (Å²) in [6.07, 6.45) is 1.69. The number of fused-ring (bicyclic) bond motifs is 1. The normalized spacial score (nSPS) is 11.7. The third-order valence-electron chi connectivity index (χ3n) is 7.80. The number of rotatable bonds is 12. The van der Waals surface area contributed by atoms with Crippen LogP contribution in [0.3, 0.4) is 0 Å². The highest BCUT2D eigenvalue weighted by atomic mass is 32.2. The lowest BCUT2D eigenvalue weighted by molar-refractivity contribution is -0.116. The van der Waals surface area contributed by atoms with Gasteiger partial charge in [0.2, 0.25) is 5.91 Å². The first-order valence-electron chi connectivity index (χ1n) is 16.2. The second-order valence-electron chi connectivity index (χ2n) is 11.3. The number of carbonyl (C=O) groups excluding carboxylic acids is 3. The van der Waals surface area contributed by atoms with E-state index in [1.165, 1.54) is 11.8 Å². The van der Waals surface area contributed by atoms with E-state index < -0.39 is 17.1 Å². The summed E-state index contributed by atoms with van der Waals surface area (Å²) in [5.41, 5.74) is 3.31. The van der Waals surface area contributed by atoms with Crippen molar-refractivity contribution in [3.63, 3.8) is 0 Å². The number of carbonyl (C=O) groups is 3. The Labute approximate surface area is 295 Å². The van der Waals surface area contributed by atoms with E-state index in [-0.39, 0.29) is 11.6 Å². The van der Waals surface area contributed by atoms with Crippen LogP contribution >= 0.6 is 11.8 Å². The first kappa shape index (κ1) is 33.8. The Morgan fingerprint density at radius 2 is 1.36 bits per heavy atom. The largest absolute Gasteiger partial charge is 0.492 e. The van der Waals surface area contributed by atoms with Crippen molar-refractivity contribution in [3.8, 4) is 5.75 Å². The van der Waals surface area contributed by atoms with Crippen LogP contribution in [-0.4, -0.2) is 24.3 Å². The first-order valence-corrected chi connectivity index (χ1v) is 17.1. The molecular formula is C42H35N3O4S. The summed E-state index contributed by atoms with van der Waals surface area (Å²) in [7, 11) is 0. The molecule has 0 saturated heterocycles. The van der Waals surface area contributed by atoms with Crippen molar-refractivity contribution in [1.29, 1.82) is 0 Å². The van der Waals surface area contributed by atoms with Crippen LogP contribution in [0.15, 0.2) is 162 Å². The third kappa shape index (κ3) is 8.47. The van der Waals surface area contributed by atoms with Gasteiger partial charge in [-0.1, -0.05) is 103 Å². The number of amides is 3. The molecule has 3 amide bonds. The van der Waals surface area contributed by atoms with Crippen molar-refractivity contribution >= 4 is 57.7 Å². The quantitative estimate of drug-likeness (QED) is 0.0887. The van der Waals surface area contributed by atoms with Crippen molar-refractivity contribution in [3.05, 3.63) is 174 Å². The van der Waals surface area contributed by atoms with Crippen LogP contribution in [0.5, 0.6) is 5.75 Å². The Morgan fingerprint density at radius 3 is 2.12 bits per heavy atom. The predicted octanol–water partition coefficient (Wildman–Crippen LogP) is 9.12. The Hall–Kier alpha value is -6.12. The van der Waals surface area contributed by atoms with Gasteiger partial charge < -0.3 is 20.7 Å². The number of ether oxygens (including phenoxy) is 1. The molecule has 0 aromatic heterocycles. The Balaban J connectivity index is 1.22. The smallest absolute Gasteiger partial charge is 0.272 e. The fourth-order valence-electron chi connectivity index (χ4n) is 5.38. The molecule has 0 fully saturated rings. The maximum atomic E-state index is 13.7. The molecule has 1 unspecified atom stereocenters. The lowest BCUT2D eigenvalue weighted by Crippen LogP contribution is -2.30. The van der Waals surface area contributed by atoms with Crippen LogP contribution in [0, 0.1) is 0 Å². The average Bonchev–Trinajstić information content (AvgIpc) is 3.16. The molecule has 0 spiro atoms. The SMILES string of the molecule is CCOc1ccccc1NC(=O)C(Sc1ccc(NC(=O)/C(=C/c2cccc3ccccc23)NC(=O)c2ccccc2)cc1)c1ccccc1. The van der Waals surface area contributed by atoms with Gasteiger partial charge in [-0.2, -0.15) is 0 Å². The molecule has 6 rings (SSSR count). The van der Waals surface area contributed by atoms with E-state index in [1.54, 1.807) is 42.5 Å².